The molecule has 2 aromatic rings. The first-order valence-corrected chi connectivity index (χ1v) is 5.54. The summed E-state index contributed by atoms with van der Waals surface area (Å²) in [5, 5.41) is 0. The topological polar surface area (TPSA) is 44.0 Å². The third-order valence-electron chi connectivity index (χ3n) is 3.20. The molecule has 1 aliphatic heterocycles. The molecule has 17 heavy (non-hydrogen) atoms. The number of fused-ring (bicyclic) bond motifs is 3. The van der Waals surface area contributed by atoms with Gasteiger partial charge in [-0.05, 0) is 18.1 Å². The molecule has 2 heterocycles. The minimum absolute atomic E-state index is 0.192. The van der Waals surface area contributed by atoms with Crippen LogP contribution in [-0.4, -0.2) is 9.13 Å². The van der Waals surface area contributed by atoms with E-state index in [0.717, 1.165) is 11.1 Å². The number of nitrogens with zero attached hydrogens (tertiary/aromatic N) is 2. The molecule has 0 atom stereocenters. The van der Waals surface area contributed by atoms with Gasteiger partial charge in [-0.1, -0.05) is 24.3 Å². The molecule has 0 N–H and O–H groups in total. The Hall–Kier alpha value is -2.10. The standard InChI is InChI=1S/C13H12N2O2/c1-9-6-14-7-10-4-2-3-5-11(10)8-15(12(9)16)13(14)17/h2-6H,7-8H2,1H3. The van der Waals surface area contributed by atoms with E-state index in [9.17, 15) is 9.59 Å². The van der Waals surface area contributed by atoms with E-state index in [-0.39, 0.29) is 11.2 Å². The van der Waals surface area contributed by atoms with Crippen LogP contribution in [0.2, 0.25) is 0 Å². The van der Waals surface area contributed by atoms with Crippen molar-refractivity contribution >= 4 is 0 Å². The lowest BCUT2D eigenvalue weighted by atomic mass is 10.1. The summed E-state index contributed by atoms with van der Waals surface area (Å²) < 4.78 is 2.91. The van der Waals surface area contributed by atoms with Crippen molar-refractivity contribution in [2.24, 2.45) is 0 Å². The van der Waals surface area contributed by atoms with E-state index < -0.39 is 0 Å². The Morgan fingerprint density at radius 3 is 2.41 bits per heavy atom. The molecule has 0 saturated heterocycles. The maximum absolute atomic E-state index is 12.0. The predicted molar refractivity (Wildman–Crippen MR) is 64.3 cm³/mol. The van der Waals surface area contributed by atoms with Gasteiger partial charge in [0.05, 0.1) is 13.1 Å². The number of hydrogen-bond donors (Lipinski definition) is 0. The van der Waals surface area contributed by atoms with Crippen molar-refractivity contribution in [3.05, 3.63) is 68.0 Å². The van der Waals surface area contributed by atoms with Crippen molar-refractivity contribution in [2.75, 3.05) is 0 Å². The Labute approximate surface area is 97.8 Å². The monoisotopic (exact) mass is 228 g/mol. The highest BCUT2D eigenvalue weighted by Gasteiger charge is 2.15. The van der Waals surface area contributed by atoms with Crippen LogP contribution in [0.15, 0.2) is 40.1 Å². The van der Waals surface area contributed by atoms with E-state index in [0.29, 0.717) is 18.7 Å². The second-order valence-electron chi connectivity index (χ2n) is 4.38. The van der Waals surface area contributed by atoms with Crippen molar-refractivity contribution in [2.45, 2.75) is 20.0 Å². The molecule has 2 bridgehead atoms. The van der Waals surface area contributed by atoms with Gasteiger partial charge < -0.3 is 0 Å². The normalized spacial score (nSPS) is 13.0. The molecule has 1 aromatic heterocycles. The van der Waals surface area contributed by atoms with Crippen LogP contribution in [0.1, 0.15) is 16.7 Å². The fraction of sp³-hybridized carbons (Fsp3) is 0.231. The largest absolute Gasteiger partial charge is 0.331 e. The zero-order valence-electron chi connectivity index (χ0n) is 9.51. The van der Waals surface area contributed by atoms with Gasteiger partial charge in [-0.2, -0.15) is 0 Å². The van der Waals surface area contributed by atoms with Crippen LogP contribution in [0.25, 0.3) is 0 Å². The lowest BCUT2D eigenvalue weighted by Crippen LogP contribution is -2.39. The SMILES string of the molecule is Cc1cn2c(=O)n(c1=O)Cc1ccccc1C2. The molecule has 4 nitrogen and oxygen atoms in total. The summed E-state index contributed by atoms with van der Waals surface area (Å²) in [5.74, 6) is 0. The molecular formula is C13H12N2O2. The van der Waals surface area contributed by atoms with Crippen LogP contribution in [0.3, 0.4) is 0 Å². The molecule has 0 unspecified atom stereocenters. The number of aromatic nitrogens is 2. The van der Waals surface area contributed by atoms with Gasteiger partial charge in [0.25, 0.3) is 5.56 Å². The molecule has 3 rings (SSSR count). The van der Waals surface area contributed by atoms with E-state index in [1.807, 2.05) is 24.3 Å². The van der Waals surface area contributed by atoms with Gasteiger partial charge in [0.1, 0.15) is 0 Å². The highest BCUT2D eigenvalue weighted by molar-refractivity contribution is 5.29. The number of aryl methyl sites for hydroxylation is 1. The average Bonchev–Trinajstić information content (AvgIpc) is 2.42. The Kier molecular flexibility index (Phi) is 2.04. The van der Waals surface area contributed by atoms with E-state index >= 15 is 0 Å². The fourth-order valence-electron chi connectivity index (χ4n) is 2.27. The van der Waals surface area contributed by atoms with Crippen LogP contribution in [0.5, 0.6) is 0 Å². The van der Waals surface area contributed by atoms with Gasteiger partial charge in [-0.3, -0.25) is 13.9 Å². The summed E-state index contributed by atoms with van der Waals surface area (Å²) in [6.07, 6.45) is 1.64. The Morgan fingerprint density at radius 1 is 1.06 bits per heavy atom. The molecule has 1 aliphatic rings. The fourth-order valence-corrected chi connectivity index (χ4v) is 2.27. The average molecular weight is 228 g/mol. The molecule has 0 fully saturated rings. The first-order chi connectivity index (χ1) is 8.16. The van der Waals surface area contributed by atoms with E-state index in [1.54, 1.807) is 17.7 Å². The molecule has 1 aromatic carbocycles. The summed E-state index contributed by atoms with van der Waals surface area (Å²) in [5.41, 5.74) is 2.33. The van der Waals surface area contributed by atoms with Crippen LogP contribution in [0.4, 0.5) is 0 Å². The van der Waals surface area contributed by atoms with E-state index in [2.05, 4.69) is 0 Å². The molecule has 0 amide bonds. The van der Waals surface area contributed by atoms with E-state index in [1.165, 1.54) is 4.57 Å². The van der Waals surface area contributed by atoms with Crippen LogP contribution in [0, 0.1) is 6.92 Å². The molecule has 86 valence electrons. The molecule has 0 spiro atoms. The van der Waals surface area contributed by atoms with Gasteiger partial charge in [0.2, 0.25) is 0 Å². The summed E-state index contributed by atoms with van der Waals surface area (Å²) in [4.78, 5) is 24.0. The van der Waals surface area contributed by atoms with Crippen molar-refractivity contribution in [1.29, 1.82) is 0 Å². The molecule has 4 heteroatoms. The zero-order chi connectivity index (χ0) is 12.0. The Balaban J connectivity index is 2.36. The first kappa shape index (κ1) is 10.1. The highest BCUT2D eigenvalue weighted by Crippen LogP contribution is 2.12. The summed E-state index contributed by atoms with van der Waals surface area (Å²) >= 11 is 0. The lowest BCUT2D eigenvalue weighted by Gasteiger charge is -2.05. The Bertz CT molecular complexity index is 710. The van der Waals surface area contributed by atoms with Crippen molar-refractivity contribution < 1.29 is 0 Å². The van der Waals surface area contributed by atoms with Gasteiger partial charge >= 0.3 is 5.69 Å². The van der Waals surface area contributed by atoms with Gasteiger partial charge in [0, 0.05) is 11.8 Å². The molecular weight excluding hydrogens is 216 g/mol. The molecule has 0 aliphatic carbocycles. The number of hydrogen-bond acceptors (Lipinski definition) is 2. The minimum Gasteiger partial charge on any atom is -0.296 e. The summed E-state index contributed by atoms with van der Waals surface area (Å²) in [6, 6.07) is 7.85. The summed E-state index contributed by atoms with van der Waals surface area (Å²) in [7, 11) is 0. The highest BCUT2D eigenvalue weighted by atomic mass is 16.2. The zero-order valence-corrected chi connectivity index (χ0v) is 9.51. The third-order valence-corrected chi connectivity index (χ3v) is 3.20. The van der Waals surface area contributed by atoms with Crippen LogP contribution in [-0.2, 0) is 13.1 Å². The van der Waals surface area contributed by atoms with Crippen molar-refractivity contribution in [1.82, 2.24) is 9.13 Å². The maximum Gasteiger partial charge on any atom is 0.331 e. The second kappa shape index (κ2) is 3.45. The quantitative estimate of drug-likeness (QED) is 0.569. The number of benzene rings is 1. The van der Waals surface area contributed by atoms with Crippen LogP contribution < -0.4 is 11.2 Å². The first-order valence-electron chi connectivity index (χ1n) is 5.54. The molecule has 0 radical (unpaired) electrons. The van der Waals surface area contributed by atoms with E-state index in [4.69, 9.17) is 0 Å². The van der Waals surface area contributed by atoms with Gasteiger partial charge in [-0.15, -0.1) is 0 Å². The summed E-state index contributed by atoms with van der Waals surface area (Å²) in [6.45, 7) is 2.65. The minimum atomic E-state index is -0.225. The predicted octanol–water partition coefficient (Wildman–Crippen LogP) is 0.728. The maximum atomic E-state index is 12.0. The third kappa shape index (κ3) is 1.45. The van der Waals surface area contributed by atoms with Gasteiger partial charge in [0.15, 0.2) is 0 Å². The molecule has 0 saturated carbocycles. The smallest absolute Gasteiger partial charge is 0.296 e. The van der Waals surface area contributed by atoms with Crippen molar-refractivity contribution in [3.63, 3.8) is 0 Å². The van der Waals surface area contributed by atoms with Crippen molar-refractivity contribution in [3.8, 4) is 0 Å². The number of rotatable bonds is 0. The lowest BCUT2D eigenvalue weighted by molar-refractivity contribution is 0.635. The Morgan fingerprint density at radius 2 is 1.71 bits per heavy atom. The second-order valence-corrected chi connectivity index (χ2v) is 4.38. The van der Waals surface area contributed by atoms with Crippen LogP contribution >= 0.6 is 0 Å². The van der Waals surface area contributed by atoms with Gasteiger partial charge in [-0.25, -0.2) is 4.79 Å².